The lowest BCUT2D eigenvalue weighted by molar-refractivity contribution is 0.224. The summed E-state index contributed by atoms with van der Waals surface area (Å²) in [4.78, 5) is 9.15. The van der Waals surface area contributed by atoms with Crippen LogP contribution >= 0.6 is 11.3 Å². The third-order valence-electron chi connectivity index (χ3n) is 4.62. The van der Waals surface area contributed by atoms with Gasteiger partial charge in [-0.1, -0.05) is 42.3 Å². The van der Waals surface area contributed by atoms with Gasteiger partial charge in [0.25, 0.3) is 0 Å². The van der Waals surface area contributed by atoms with E-state index in [9.17, 15) is 0 Å². The van der Waals surface area contributed by atoms with Crippen LogP contribution in [0, 0.1) is 12.3 Å². The second-order valence-corrected chi connectivity index (χ2v) is 6.89. The largest absolute Gasteiger partial charge is 0.346 e. The first-order valence-corrected chi connectivity index (χ1v) is 9.06. The van der Waals surface area contributed by atoms with Crippen LogP contribution in [-0.4, -0.2) is 36.1 Å². The van der Waals surface area contributed by atoms with Crippen LogP contribution in [0.4, 0.5) is 5.13 Å². The van der Waals surface area contributed by atoms with Gasteiger partial charge in [-0.05, 0) is 22.4 Å². The quantitative estimate of drug-likeness (QED) is 0.680. The molecule has 2 aromatic carbocycles. The molecular weight excluding hydrogens is 314 g/mol. The first-order valence-electron chi connectivity index (χ1n) is 8.18. The molecule has 0 saturated carbocycles. The van der Waals surface area contributed by atoms with Crippen LogP contribution in [0.2, 0.25) is 0 Å². The summed E-state index contributed by atoms with van der Waals surface area (Å²) in [5.74, 6) is 3.00. The van der Waals surface area contributed by atoms with E-state index in [1.807, 2.05) is 11.6 Å². The Bertz CT molecular complexity index is 858. The number of aromatic nitrogens is 1. The van der Waals surface area contributed by atoms with Crippen molar-refractivity contribution in [3.8, 4) is 12.3 Å². The number of nitrogens with zero attached hydrogens (tertiary/aromatic N) is 3. The molecule has 2 heterocycles. The fraction of sp³-hybridized carbons (Fsp3) is 0.250. The van der Waals surface area contributed by atoms with E-state index in [4.69, 9.17) is 6.42 Å². The van der Waals surface area contributed by atoms with Crippen LogP contribution in [0.1, 0.15) is 11.6 Å². The molecule has 1 aliphatic rings. The SMILES string of the molecule is C#CC(c1ccc2ccccc2c1)N1CCN(c2nccs2)CC1. The van der Waals surface area contributed by atoms with Crippen molar-refractivity contribution in [2.45, 2.75) is 6.04 Å². The van der Waals surface area contributed by atoms with Crippen LogP contribution in [0.3, 0.4) is 0 Å². The molecule has 1 fully saturated rings. The lowest BCUT2D eigenvalue weighted by Crippen LogP contribution is -2.47. The lowest BCUT2D eigenvalue weighted by atomic mass is 10.0. The van der Waals surface area contributed by atoms with Crippen molar-refractivity contribution in [3.63, 3.8) is 0 Å². The number of hydrogen-bond donors (Lipinski definition) is 0. The number of fused-ring (bicyclic) bond motifs is 1. The van der Waals surface area contributed by atoms with Crippen LogP contribution in [0.5, 0.6) is 0 Å². The Morgan fingerprint density at radius 3 is 2.54 bits per heavy atom. The average molecular weight is 333 g/mol. The van der Waals surface area contributed by atoms with Crippen molar-refractivity contribution in [1.82, 2.24) is 9.88 Å². The molecule has 0 amide bonds. The predicted molar refractivity (Wildman–Crippen MR) is 101 cm³/mol. The molecule has 4 heteroatoms. The fourth-order valence-corrected chi connectivity index (χ4v) is 4.03. The number of anilines is 1. The van der Waals surface area contributed by atoms with Gasteiger partial charge in [0.05, 0.1) is 6.04 Å². The molecule has 4 rings (SSSR count). The van der Waals surface area contributed by atoms with Crippen LogP contribution in [0.25, 0.3) is 10.8 Å². The number of rotatable bonds is 3. The van der Waals surface area contributed by atoms with Gasteiger partial charge in [-0.25, -0.2) is 4.98 Å². The number of benzene rings is 2. The van der Waals surface area contributed by atoms with E-state index in [-0.39, 0.29) is 6.04 Å². The Hall–Kier alpha value is -2.35. The second kappa shape index (κ2) is 6.64. The van der Waals surface area contributed by atoms with Crippen molar-refractivity contribution in [1.29, 1.82) is 0 Å². The van der Waals surface area contributed by atoms with Gasteiger partial charge in [0.15, 0.2) is 5.13 Å². The highest BCUT2D eigenvalue weighted by atomic mass is 32.1. The maximum atomic E-state index is 5.89. The smallest absolute Gasteiger partial charge is 0.185 e. The average Bonchev–Trinajstić information content (AvgIpc) is 3.17. The summed E-state index contributed by atoms with van der Waals surface area (Å²) >= 11 is 1.70. The molecule has 0 N–H and O–H groups in total. The van der Waals surface area contributed by atoms with Crippen molar-refractivity contribution in [2.24, 2.45) is 0 Å². The van der Waals surface area contributed by atoms with E-state index in [2.05, 4.69) is 63.2 Å². The second-order valence-electron chi connectivity index (χ2n) is 6.01. The summed E-state index contributed by atoms with van der Waals surface area (Å²) in [5, 5.41) is 5.64. The molecule has 1 saturated heterocycles. The number of hydrogen-bond acceptors (Lipinski definition) is 4. The fourth-order valence-electron chi connectivity index (χ4n) is 3.33. The third-order valence-corrected chi connectivity index (χ3v) is 5.45. The molecule has 120 valence electrons. The van der Waals surface area contributed by atoms with Gasteiger partial charge in [0.1, 0.15) is 0 Å². The first kappa shape index (κ1) is 15.2. The van der Waals surface area contributed by atoms with E-state index >= 15 is 0 Å². The van der Waals surface area contributed by atoms with Gasteiger partial charge in [-0.2, -0.15) is 0 Å². The zero-order valence-corrected chi connectivity index (χ0v) is 14.2. The molecule has 3 aromatic rings. The minimum Gasteiger partial charge on any atom is -0.346 e. The van der Waals surface area contributed by atoms with Crippen molar-refractivity contribution < 1.29 is 0 Å². The summed E-state index contributed by atoms with van der Waals surface area (Å²) in [5.41, 5.74) is 1.21. The number of thiazole rings is 1. The molecule has 0 spiro atoms. The Balaban J connectivity index is 1.52. The molecule has 0 bridgehead atoms. The summed E-state index contributed by atoms with van der Waals surface area (Å²) in [6.45, 7) is 3.86. The highest BCUT2D eigenvalue weighted by molar-refractivity contribution is 7.13. The van der Waals surface area contributed by atoms with Gasteiger partial charge in [-0.15, -0.1) is 17.8 Å². The first-order chi connectivity index (χ1) is 11.8. The Labute approximate surface area is 146 Å². The predicted octanol–water partition coefficient (Wildman–Crippen LogP) is 3.79. The van der Waals surface area contributed by atoms with Crippen LogP contribution in [-0.2, 0) is 0 Å². The van der Waals surface area contributed by atoms with Crippen LogP contribution in [0.15, 0.2) is 54.0 Å². The van der Waals surface area contributed by atoms with Gasteiger partial charge in [0.2, 0.25) is 0 Å². The Morgan fingerprint density at radius 2 is 1.83 bits per heavy atom. The van der Waals surface area contributed by atoms with E-state index in [1.165, 1.54) is 16.3 Å². The van der Waals surface area contributed by atoms with E-state index in [0.29, 0.717) is 0 Å². The molecule has 1 atom stereocenters. The highest BCUT2D eigenvalue weighted by Crippen LogP contribution is 2.27. The zero-order valence-electron chi connectivity index (χ0n) is 13.4. The summed E-state index contributed by atoms with van der Waals surface area (Å²) in [6.07, 6.45) is 7.76. The van der Waals surface area contributed by atoms with Gasteiger partial charge < -0.3 is 4.90 Å². The zero-order chi connectivity index (χ0) is 16.4. The molecule has 24 heavy (non-hydrogen) atoms. The Kier molecular flexibility index (Phi) is 4.20. The van der Waals surface area contributed by atoms with Gasteiger partial charge in [-0.3, -0.25) is 4.90 Å². The standard InChI is InChI=1S/C20H19N3S/c1-2-19(18-8-7-16-5-3-4-6-17(16)15-18)22-10-12-23(13-11-22)20-21-9-14-24-20/h1,3-9,14-15,19H,10-13H2. The maximum absolute atomic E-state index is 5.89. The molecular formula is C20H19N3S. The number of piperazine rings is 1. The Morgan fingerprint density at radius 1 is 1.04 bits per heavy atom. The van der Waals surface area contributed by atoms with Crippen molar-refractivity contribution >= 4 is 27.2 Å². The lowest BCUT2D eigenvalue weighted by Gasteiger charge is -2.37. The minimum atomic E-state index is 0.0352. The van der Waals surface area contributed by atoms with Crippen molar-refractivity contribution in [2.75, 3.05) is 31.1 Å². The molecule has 0 radical (unpaired) electrons. The highest BCUT2D eigenvalue weighted by Gasteiger charge is 2.24. The molecule has 1 aliphatic heterocycles. The number of terminal acetylenes is 1. The van der Waals surface area contributed by atoms with Gasteiger partial charge in [0, 0.05) is 37.8 Å². The topological polar surface area (TPSA) is 19.4 Å². The maximum Gasteiger partial charge on any atom is 0.185 e. The summed E-state index contributed by atoms with van der Waals surface area (Å²) in [6, 6.07) is 15.0. The van der Waals surface area contributed by atoms with Gasteiger partial charge >= 0.3 is 0 Å². The molecule has 1 unspecified atom stereocenters. The third kappa shape index (κ3) is 2.89. The molecule has 0 aliphatic carbocycles. The van der Waals surface area contributed by atoms with E-state index in [0.717, 1.165) is 31.3 Å². The van der Waals surface area contributed by atoms with E-state index in [1.54, 1.807) is 11.3 Å². The van der Waals surface area contributed by atoms with Crippen molar-refractivity contribution in [3.05, 3.63) is 59.6 Å². The van der Waals surface area contributed by atoms with E-state index < -0.39 is 0 Å². The molecule has 1 aromatic heterocycles. The monoisotopic (exact) mass is 333 g/mol. The minimum absolute atomic E-state index is 0.0352. The van der Waals surface area contributed by atoms with Crippen LogP contribution < -0.4 is 4.90 Å². The summed E-state index contributed by atoms with van der Waals surface area (Å²) in [7, 11) is 0. The summed E-state index contributed by atoms with van der Waals surface area (Å²) < 4.78 is 0. The molecule has 3 nitrogen and oxygen atoms in total. The normalized spacial score (nSPS) is 16.9.